The first-order valence-corrected chi connectivity index (χ1v) is 12.4. The average Bonchev–Trinajstić information content (AvgIpc) is 3.32. The molecule has 212 valence electrons. The van der Waals surface area contributed by atoms with Gasteiger partial charge in [0.2, 0.25) is 5.95 Å². The van der Waals surface area contributed by atoms with Crippen LogP contribution in [0.4, 0.5) is 23.0 Å². The summed E-state index contributed by atoms with van der Waals surface area (Å²) in [5.41, 5.74) is 2.16. The van der Waals surface area contributed by atoms with Crippen LogP contribution >= 0.6 is 0 Å². The number of carbonyl (C=O) groups excluding carboxylic acids is 1. The SMILES string of the molecule is [B]/C(O)=C\C(=O)Nc1cc(Nc2nccc(-c3cn(C(O)(O)O)c4ccccc34)n2)c(OC)cc1N(C)CCNC. The normalized spacial score (nSPS) is 11.9. The van der Waals surface area contributed by atoms with E-state index in [-0.39, 0.29) is 5.95 Å². The summed E-state index contributed by atoms with van der Waals surface area (Å²) in [6, 6.07) is 11.9. The zero-order valence-electron chi connectivity index (χ0n) is 22.7. The molecule has 0 bridgehead atoms. The van der Waals surface area contributed by atoms with E-state index in [0.29, 0.717) is 58.1 Å². The van der Waals surface area contributed by atoms with E-state index in [9.17, 15) is 25.2 Å². The minimum atomic E-state index is -3.11. The number of hydrogen-bond acceptors (Lipinski definition) is 11. The number of likely N-dealkylation sites (N-methyl/N-ethyl adjacent to an activating group) is 2. The number of nitrogens with one attached hydrogen (secondary N) is 3. The molecule has 13 nitrogen and oxygen atoms in total. The highest BCUT2D eigenvalue weighted by Crippen LogP contribution is 2.38. The topological polar surface area (TPSA) is 177 Å². The zero-order valence-corrected chi connectivity index (χ0v) is 22.7. The van der Waals surface area contributed by atoms with Crippen molar-refractivity contribution in [3.8, 4) is 17.0 Å². The molecule has 0 aliphatic heterocycles. The quantitative estimate of drug-likeness (QED) is 0.0614. The van der Waals surface area contributed by atoms with Crippen LogP contribution in [0.5, 0.6) is 5.75 Å². The van der Waals surface area contributed by atoms with Crippen molar-refractivity contribution in [3.05, 3.63) is 66.6 Å². The van der Waals surface area contributed by atoms with Gasteiger partial charge in [0.25, 0.3) is 5.91 Å². The number of aromatic nitrogens is 3. The molecule has 0 fully saturated rings. The molecule has 0 spiro atoms. The molecule has 41 heavy (non-hydrogen) atoms. The number of amides is 1. The Bertz CT molecular complexity index is 1580. The van der Waals surface area contributed by atoms with E-state index in [1.807, 2.05) is 19.0 Å². The van der Waals surface area contributed by atoms with Gasteiger partial charge in [0, 0.05) is 61.3 Å². The number of methoxy groups -OCH3 is 1. The molecule has 0 saturated heterocycles. The number of para-hydroxylation sites is 1. The van der Waals surface area contributed by atoms with Gasteiger partial charge in [-0.15, -0.1) is 0 Å². The van der Waals surface area contributed by atoms with Gasteiger partial charge in [-0.3, -0.25) is 9.36 Å². The molecule has 0 saturated carbocycles. The minimum absolute atomic E-state index is 0.175. The Labute approximate surface area is 237 Å². The van der Waals surface area contributed by atoms with E-state index in [1.165, 1.54) is 19.5 Å². The highest BCUT2D eigenvalue weighted by atomic mass is 16.7. The number of fused-ring (bicyclic) bond motifs is 1. The maximum Gasteiger partial charge on any atom is 0.373 e. The van der Waals surface area contributed by atoms with Crippen LogP contribution in [-0.2, 0) is 10.9 Å². The van der Waals surface area contributed by atoms with Gasteiger partial charge in [-0.25, -0.2) is 9.97 Å². The van der Waals surface area contributed by atoms with Gasteiger partial charge >= 0.3 is 6.10 Å². The summed E-state index contributed by atoms with van der Waals surface area (Å²) in [5, 5.41) is 48.4. The number of nitrogens with zero attached hydrogens (tertiary/aromatic N) is 4. The lowest BCUT2D eigenvalue weighted by Gasteiger charge is -2.24. The molecular formula is C27H30BN7O6. The van der Waals surface area contributed by atoms with E-state index in [0.717, 1.165) is 10.6 Å². The number of carbonyl (C=O) groups is 1. The average molecular weight is 559 g/mol. The third-order valence-electron chi connectivity index (χ3n) is 6.18. The van der Waals surface area contributed by atoms with Crippen molar-refractivity contribution < 1.29 is 30.0 Å². The molecule has 0 unspecified atom stereocenters. The van der Waals surface area contributed by atoms with Crippen molar-refractivity contribution in [2.75, 3.05) is 49.8 Å². The number of hydrogen-bond donors (Lipinski definition) is 7. The summed E-state index contributed by atoms with van der Waals surface area (Å²) in [5.74, 6) is -0.0246. The summed E-state index contributed by atoms with van der Waals surface area (Å²) in [7, 11) is 10.4. The summed E-state index contributed by atoms with van der Waals surface area (Å²) in [4.78, 5) is 23.2. The Balaban J connectivity index is 1.75. The number of ether oxygens (including phenoxy) is 1. The van der Waals surface area contributed by atoms with Gasteiger partial charge in [-0.2, -0.15) is 0 Å². The Hall–Kier alpha value is -4.63. The molecule has 4 rings (SSSR count). The van der Waals surface area contributed by atoms with Crippen LogP contribution in [0.1, 0.15) is 0 Å². The van der Waals surface area contributed by atoms with Crippen LogP contribution in [0.25, 0.3) is 22.2 Å². The molecule has 4 aromatic rings. The molecule has 14 heteroatoms. The van der Waals surface area contributed by atoms with Gasteiger partial charge in [-0.05, 0) is 25.2 Å². The van der Waals surface area contributed by atoms with Crippen LogP contribution in [0.2, 0.25) is 0 Å². The van der Waals surface area contributed by atoms with Gasteiger partial charge in [0.15, 0.2) is 7.85 Å². The predicted octanol–water partition coefficient (Wildman–Crippen LogP) is 1.56. The first-order valence-electron chi connectivity index (χ1n) is 12.4. The van der Waals surface area contributed by atoms with Crippen LogP contribution < -0.4 is 25.6 Å². The monoisotopic (exact) mass is 559 g/mol. The molecule has 0 atom stereocenters. The van der Waals surface area contributed by atoms with Crippen molar-refractivity contribution in [1.29, 1.82) is 0 Å². The second kappa shape index (κ2) is 12.3. The van der Waals surface area contributed by atoms with Crippen LogP contribution in [0.15, 0.2) is 66.6 Å². The molecule has 2 radical (unpaired) electrons. The van der Waals surface area contributed by atoms with E-state index in [1.54, 1.807) is 42.5 Å². The van der Waals surface area contributed by atoms with Crippen molar-refractivity contribution in [2.45, 2.75) is 6.10 Å². The van der Waals surface area contributed by atoms with Crippen LogP contribution in [0.3, 0.4) is 0 Å². The third-order valence-corrected chi connectivity index (χ3v) is 6.18. The Morgan fingerprint density at radius 1 is 1.20 bits per heavy atom. The lowest BCUT2D eigenvalue weighted by molar-refractivity contribution is -0.373. The molecule has 2 aromatic heterocycles. The maximum absolute atomic E-state index is 12.4. The summed E-state index contributed by atoms with van der Waals surface area (Å²) >= 11 is 0. The predicted molar refractivity (Wildman–Crippen MR) is 156 cm³/mol. The number of aliphatic hydroxyl groups is 4. The molecule has 2 heterocycles. The fourth-order valence-corrected chi connectivity index (χ4v) is 4.28. The van der Waals surface area contributed by atoms with E-state index >= 15 is 0 Å². The van der Waals surface area contributed by atoms with Crippen LogP contribution in [-0.4, -0.2) is 83.0 Å². The van der Waals surface area contributed by atoms with Crippen molar-refractivity contribution >= 4 is 47.7 Å². The maximum atomic E-state index is 12.4. The molecule has 0 aliphatic carbocycles. The van der Waals surface area contributed by atoms with Crippen molar-refractivity contribution in [3.63, 3.8) is 0 Å². The van der Waals surface area contributed by atoms with Crippen molar-refractivity contribution in [2.24, 2.45) is 0 Å². The lowest BCUT2D eigenvalue weighted by atomic mass is 10.1. The summed E-state index contributed by atoms with van der Waals surface area (Å²) in [6.07, 6.45) is 0.641. The third kappa shape index (κ3) is 6.76. The second-order valence-corrected chi connectivity index (χ2v) is 9.07. The standard InChI is InChI=1S/C27H30BN7O6/c1-29-10-11-34(2)22-13-23(41-3)20(12-19(22)31-25(37)14-24(28)36)33-26-30-9-8-18(32-26)17-15-35(27(38,39)40)21-7-5-4-6-16(17)21/h4-9,12-15,29,36,38-40H,10-11H2,1-3H3,(H,31,37)(H,30,32,33)/b24-14+. The molecule has 1 amide bonds. The summed E-state index contributed by atoms with van der Waals surface area (Å²) in [6.45, 7) is 1.29. The minimum Gasteiger partial charge on any atom is -0.524 e. The molecule has 7 N–H and O–H groups in total. The lowest BCUT2D eigenvalue weighted by Crippen LogP contribution is -2.31. The smallest absolute Gasteiger partial charge is 0.373 e. The second-order valence-electron chi connectivity index (χ2n) is 9.07. The first kappa shape index (κ1) is 29.4. The van der Waals surface area contributed by atoms with E-state index < -0.39 is 17.7 Å². The highest BCUT2D eigenvalue weighted by molar-refractivity contribution is 6.22. The Morgan fingerprint density at radius 3 is 2.63 bits per heavy atom. The van der Waals surface area contributed by atoms with Gasteiger partial charge in [0.05, 0.1) is 35.4 Å². The van der Waals surface area contributed by atoms with Gasteiger partial charge in [-0.1, -0.05) is 18.2 Å². The number of benzene rings is 2. The van der Waals surface area contributed by atoms with Crippen LogP contribution in [0, 0.1) is 0 Å². The fourth-order valence-electron chi connectivity index (χ4n) is 4.28. The fraction of sp³-hybridized carbons (Fsp3) is 0.222. The van der Waals surface area contributed by atoms with Gasteiger partial charge < -0.3 is 46.0 Å². The number of aliphatic hydroxyl groups excluding tert-OH is 1. The Morgan fingerprint density at radius 2 is 1.95 bits per heavy atom. The molecule has 0 aliphatic rings. The molecular weight excluding hydrogens is 529 g/mol. The number of anilines is 4. The van der Waals surface area contributed by atoms with Gasteiger partial charge in [0.1, 0.15) is 5.75 Å². The highest BCUT2D eigenvalue weighted by Gasteiger charge is 2.25. The zero-order chi connectivity index (χ0) is 29.7. The summed E-state index contributed by atoms with van der Waals surface area (Å²) < 4.78 is 6.54. The first-order chi connectivity index (χ1) is 19.5. The molecule has 2 aromatic carbocycles. The number of rotatable bonds is 11. The van der Waals surface area contributed by atoms with E-state index in [2.05, 4.69) is 25.9 Å². The Kier molecular flexibility index (Phi) is 8.78. The van der Waals surface area contributed by atoms with Crippen molar-refractivity contribution in [1.82, 2.24) is 19.9 Å². The van der Waals surface area contributed by atoms with E-state index in [4.69, 9.17) is 12.6 Å². The largest absolute Gasteiger partial charge is 0.524 e.